The van der Waals surface area contributed by atoms with Crippen LogP contribution in [0.1, 0.15) is 47.2 Å². The fourth-order valence-electron chi connectivity index (χ4n) is 6.93. The van der Waals surface area contributed by atoms with Gasteiger partial charge in [0.15, 0.2) is 17.3 Å². The van der Waals surface area contributed by atoms with Gasteiger partial charge >= 0.3 is 0 Å². The molecule has 1 aliphatic heterocycles. The van der Waals surface area contributed by atoms with Gasteiger partial charge in [0, 0.05) is 11.1 Å². The third-order valence-corrected chi connectivity index (χ3v) is 8.56. The van der Waals surface area contributed by atoms with Crippen molar-refractivity contribution in [1.29, 1.82) is 0 Å². The first-order valence-electron chi connectivity index (χ1n) is 13.0. The van der Waals surface area contributed by atoms with Crippen LogP contribution in [-0.2, 0) is 20.8 Å². The number of primary amides is 1. The van der Waals surface area contributed by atoms with E-state index in [0.29, 0.717) is 11.1 Å². The highest BCUT2D eigenvalue weighted by Crippen LogP contribution is 2.50. The molecule has 5 N–H and O–H groups in total. The summed E-state index contributed by atoms with van der Waals surface area (Å²) >= 11 is 0. The first-order valence-corrected chi connectivity index (χ1v) is 13.0. The zero-order valence-corrected chi connectivity index (χ0v) is 21.6. The van der Waals surface area contributed by atoms with Crippen LogP contribution in [0.2, 0.25) is 0 Å². The molecule has 38 heavy (non-hydrogen) atoms. The molecule has 10 heteroatoms. The molecule has 5 rings (SSSR count). The molecular weight excluding hydrogens is 490 g/mol. The van der Waals surface area contributed by atoms with Crippen LogP contribution in [0, 0.1) is 17.8 Å². The molecule has 2 fully saturated rings. The van der Waals surface area contributed by atoms with Crippen molar-refractivity contribution < 1.29 is 34.5 Å². The second-order valence-electron chi connectivity index (χ2n) is 11.0. The molecule has 1 aromatic carbocycles. The van der Waals surface area contributed by atoms with Crippen LogP contribution in [0.25, 0.3) is 5.76 Å². The first-order chi connectivity index (χ1) is 18.0. The fraction of sp³-hybridized carbons (Fsp3) is 0.500. The van der Waals surface area contributed by atoms with Crippen LogP contribution in [-0.4, -0.2) is 88.1 Å². The smallest absolute Gasteiger partial charge is 0.255 e. The Balaban J connectivity index is 1.57. The molecule has 202 valence electrons. The first kappa shape index (κ1) is 26.1. The van der Waals surface area contributed by atoms with E-state index in [1.54, 1.807) is 25.1 Å². The molecular formula is C28H33N3O7. The second kappa shape index (κ2) is 9.67. The number of rotatable bonds is 5. The van der Waals surface area contributed by atoms with Crippen LogP contribution in [0.3, 0.4) is 0 Å². The minimum atomic E-state index is -1.30. The number of carbonyl (C=O) groups excluding carboxylic acids is 4. The Morgan fingerprint density at radius 2 is 1.74 bits per heavy atom. The molecule has 0 aromatic heterocycles. The average molecular weight is 524 g/mol. The summed E-state index contributed by atoms with van der Waals surface area (Å²) < 4.78 is 0. The van der Waals surface area contributed by atoms with Gasteiger partial charge in [0.1, 0.15) is 22.8 Å². The lowest BCUT2D eigenvalue weighted by molar-refractivity contribution is -0.136. The van der Waals surface area contributed by atoms with E-state index < -0.39 is 58.4 Å². The van der Waals surface area contributed by atoms with Crippen LogP contribution < -0.4 is 5.73 Å². The van der Waals surface area contributed by atoms with Gasteiger partial charge in [-0.1, -0.05) is 6.42 Å². The van der Waals surface area contributed by atoms with Crippen molar-refractivity contribution in [2.75, 3.05) is 33.7 Å². The maximum atomic E-state index is 13.8. The number of aliphatic hydroxyl groups is 2. The highest BCUT2D eigenvalue weighted by molar-refractivity contribution is 6.28. The van der Waals surface area contributed by atoms with Crippen molar-refractivity contribution >= 4 is 29.0 Å². The third kappa shape index (κ3) is 4.03. The summed E-state index contributed by atoms with van der Waals surface area (Å²) in [6.45, 7) is 1.91. The molecule has 4 atom stereocenters. The zero-order valence-electron chi connectivity index (χ0n) is 21.6. The number of hydrogen-bond acceptors (Lipinski definition) is 9. The Bertz CT molecular complexity index is 1310. The van der Waals surface area contributed by atoms with Gasteiger partial charge in [0.05, 0.1) is 24.1 Å². The van der Waals surface area contributed by atoms with Gasteiger partial charge in [-0.05, 0) is 82.4 Å². The standard InChI is InChI=1S/C28H33N3O7/c1-30(2)23-16-11-13-10-15-14(18(33)12-31-8-4-3-5-9-31)6-7-17(32)20(15)24(34)19(13)25(35)21(16)26(36)22(27(23)37)28(29)38/h6-7,13,16,21,23,32,34,37H,3-5,8-12H2,1-2H3,(H2,29,38)/t13?,16?,21?,23-/m0/s1. The number of aromatic hydroxyl groups is 1. The maximum absolute atomic E-state index is 13.8. The monoisotopic (exact) mass is 523 g/mol. The molecule has 1 amide bonds. The van der Waals surface area contributed by atoms with E-state index >= 15 is 0 Å². The van der Waals surface area contributed by atoms with E-state index in [1.165, 1.54) is 6.07 Å². The molecule has 3 unspecified atom stereocenters. The molecule has 0 radical (unpaired) electrons. The van der Waals surface area contributed by atoms with E-state index in [-0.39, 0.29) is 42.1 Å². The number of likely N-dealkylation sites (tertiary alicyclic amines) is 1. The van der Waals surface area contributed by atoms with Gasteiger partial charge in [0.2, 0.25) is 0 Å². The van der Waals surface area contributed by atoms with Crippen molar-refractivity contribution in [3.05, 3.63) is 45.7 Å². The third-order valence-electron chi connectivity index (χ3n) is 8.56. The Morgan fingerprint density at radius 3 is 2.37 bits per heavy atom. The lowest BCUT2D eigenvalue weighted by atomic mass is 9.59. The predicted octanol–water partition coefficient (Wildman–Crippen LogP) is 1.52. The number of aliphatic hydroxyl groups excluding tert-OH is 2. The molecule has 3 aliphatic carbocycles. The Hall–Kier alpha value is -3.50. The van der Waals surface area contributed by atoms with Gasteiger partial charge in [-0.2, -0.15) is 0 Å². The number of nitrogens with zero attached hydrogens (tertiary/aromatic N) is 2. The predicted molar refractivity (Wildman–Crippen MR) is 137 cm³/mol. The lowest BCUT2D eigenvalue weighted by Crippen LogP contribution is -2.55. The molecule has 1 saturated carbocycles. The SMILES string of the molecule is CN(C)[C@@H]1C(O)=C(C(N)=O)C(=O)C2C(=O)C3=C(O)c4c(O)ccc(C(=O)CN5CCCCC5)c4CC3CC21. The number of Topliss-reactive ketones (excluding diaryl/α,β-unsaturated/α-hetero) is 3. The minimum Gasteiger partial charge on any atom is -0.510 e. The summed E-state index contributed by atoms with van der Waals surface area (Å²) in [6.07, 6.45) is 3.66. The summed E-state index contributed by atoms with van der Waals surface area (Å²) in [7, 11) is 3.34. The number of phenols is 1. The number of carbonyl (C=O) groups is 4. The van der Waals surface area contributed by atoms with Crippen LogP contribution in [0.4, 0.5) is 0 Å². The second-order valence-corrected chi connectivity index (χ2v) is 11.0. The minimum absolute atomic E-state index is 0.00532. The number of fused-ring (bicyclic) bond motifs is 3. The van der Waals surface area contributed by atoms with E-state index in [4.69, 9.17) is 5.73 Å². The number of allylic oxidation sites excluding steroid dienone is 1. The zero-order chi connectivity index (χ0) is 27.5. The topological polar surface area (TPSA) is 161 Å². The number of benzene rings is 1. The van der Waals surface area contributed by atoms with Crippen molar-refractivity contribution in [1.82, 2.24) is 9.80 Å². The number of phenolic OH excluding ortho intramolecular Hbond substituents is 1. The number of hydrogen-bond donors (Lipinski definition) is 4. The van der Waals surface area contributed by atoms with Crippen molar-refractivity contribution in [2.45, 2.75) is 38.1 Å². The maximum Gasteiger partial charge on any atom is 0.255 e. The number of piperidine rings is 1. The normalized spacial score (nSPS) is 27.8. The van der Waals surface area contributed by atoms with Gasteiger partial charge in [-0.15, -0.1) is 0 Å². The van der Waals surface area contributed by atoms with Crippen molar-refractivity contribution in [3.63, 3.8) is 0 Å². The molecule has 1 aromatic rings. The summed E-state index contributed by atoms with van der Waals surface area (Å²) in [5.74, 6) is -6.42. The van der Waals surface area contributed by atoms with Crippen molar-refractivity contribution in [3.8, 4) is 5.75 Å². The molecule has 1 heterocycles. The van der Waals surface area contributed by atoms with E-state index in [2.05, 4.69) is 4.90 Å². The Kier molecular flexibility index (Phi) is 6.65. The lowest BCUT2D eigenvalue weighted by Gasteiger charge is -2.46. The molecule has 1 saturated heterocycles. The van der Waals surface area contributed by atoms with Gasteiger partial charge < -0.3 is 21.1 Å². The van der Waals surface area contributed by atoms with E-state index in [9.17, 15) is 34.5 Å². The Labute approximate surface area is 220 Å². The van der Waals surface area contributed by atoms with Crippen LogP contribution in [0.15, 0.2) is 29.0 Å². The number of likely N-dealkylation sites (N-methyl/N-ethyl adjacent to an activating group) is 1. The number of amides is 1. The fourth-order valence-corrected chi connectivity index (χ4v) is 6.93. The molecule has 0 bridgehead atoms. The molecule has 10 nitrogen and oxygen atoms in total. The van der Waals surface area contributed by atoms with E-state index in [0.717, 1.165) is 32.4 Å². The summed E-state index contributed by atoms with van der Waals surface area (Å²) in [6, 6.07) is 2.10. The number of ketones is 3. The summed E-state index contributed by atoms with van der Waals surface area (Å²) in [5.41, 5.74) is 5.71. The molecule has 0 spiro atoms. The largest absolute Gasteiger partial charge is 0.510 e. The van der Waals surface area contributed by atoms with Gasteiger partial charge in [-0.25, -0.2) is 0 Å². The van der Waals surface area contributed by atoms with Crippen LogP contribution in [0.5, 0.6) is 5.75 Å². The number of nitrogens with two attached hydrogens (primary N) is 1. The Morgan fingerprint density at radius 1 is 1.05 bits per heavy atom. The summed E-state index contributed by atoms with van der Waals surface area (Å²) in [4.78, 5) is 56.2. The highest BCUT2D eigenvalue weighted by atomic mass is 16.3. The quantitative estimate of drug-likeness (QED) is 0.255. The molecule has 4 aliphatic rings. The summed E-state index contributed by atoms with van der Waals surface area (Å²) in [5, 5.41) is 32.8. The van der Waals surface area contributed by atoms with Gasteiger partial charge in [-0.3, -0.25) is 29.0 Å². The van der Waals surface area contributed by atoms with Crippen molar-refractivity contribution in [2.24, 2.45) is 23.5 Å². The average Bonchev–Trinajstić information content (AvgIpc) is 2.83. The van der Waals surface area contributed by atoms with Crippen LogP contribution >= 0.6 is 0 Å². The highest BCUT2D eigenvalue weighted by Gasteiger charge is 2.55. The van der Waals surface area contributed by atoms with E-state index in [1.807, 2.05) is 0 Å². The van der Waals surface area contributed by atoms with Gasteiger partial charge in [0.25, 0.3) is 5.91 Å².